The second kappa shape index (κ2) is 6.02. The van der Waals surface area contributed by atoms with Gasteiger partial charge in [-0.1, -0.05) is 18.5 Å². The van der Waals surface area contributed by atoms with Crippen LogP contribution in [0.3, 0.4) is 0 Å². The van der Waals surface area contributed by atoms with E-state index in [1.165, 1.54) is 0 Å². The van der Waals surface area contributed by atoms with Gasteiger partial charge >= 0.3 is 0 Å². The third-order valence-corrected chi connectivity index (χ3v) is 3.35. The Labute approximate surface area is 119 Å². The Morgan fingerprint density at radius 2 is 2.00 bits per heavy atom. The lowest BCUT2D eigenvalue weighted by molar-refractivity contribution is 0.475. The van der Waals surface area contributed by atoms with Gasteiger partial charge in [-0.25, -0.2) is 23.1 Å². The highest BCUT2D eigenvalue weighted by Gasteiger charge is 2.22. The standard InChI is InChI=1S/C11H19ClN4O2S/c1-5-9-14-8(12)6-10(15-9)13-7-11(2,3)16-19(4,17)18/h6,16H,5,7H2,1-4H3,(H,13,14,15). The number of hydrogen-bond acceptors (Lipinski definition) is 5. The van der Waals surface area contributed by atoms with Gasteiger partial charge in [0.1, 0.15) is 16.8 Å². The lowest BCUT2D eigenvalue weighted by atomic mass is 10.1. The van der Waals surface area contributed by atoms with E-state index in [9.17, 15) is 8.42 Å². The second-order valence-corrected chi connectivity index (χ2v) is 7.09. The molecule has 1 aromatic heterocycles. The quantitative estimate of drug-likeness (QED) is 0.777. The van der Waals surface area contributed by atoms with Crippen molar-refractivity contribution in [2.75, 3.05) is 18.1 Å². The van der Waals surface area contributed by atoms with E-state index in [2.05, 4.69) is 20.0 Å². The minimum absolute atomic E-state index is 0.364. The summed E-state index contributed by atoms with van der Waals surface area (Å²) >= 11 is 5.88. The Bertz CT molecular complexity index is 546. The zero-order valence-corrected chi connectivity index (χ0v) is 13.1. The first-order valence-corrected chi connectivity index (χ1v) is 8.14. The monoisotopic (exact) mass is 306 g/mol. The van der Waals surface area contributed by atoms with Crippen LogP contribution in [-0.2, 0) is 16.4 Å². The largest absolute Gasteiger partial charge is 0.368 e. The zero-order valence-electron chi connectivity index (χ0n) is 11.5. The summed E-state index contributed by atoms with van der Waals surface area (Å²) in [4.78, 5) is 8.33. The first-order valence-electron chi connectivity index (χ1n) is 5.87. The fourth-order valence-electron chi connectivity index (χ4n) is 1.56. The van der Waals surface area contributed by atoms with E-state index in [1.807, 2.05) is 6.92 Å². The van der Waals surface area contributed by atoms with Crippen LogP contribution in [0.1, 0.15) is 26.6 Å². The molecule has 0 fully saturated rings. The molecule has 19 heavy (non-hydrogen) atoms. The molecule has 0 radical (unpaired) electrons. The second-order valence-electron chi connectivity index (χ2n) is 4.96. The average molecular weight is 307 g/mol. The maximum Gasteiger partial charge on any atom is 0.209 e. The highest BCUT2D eigenvalue weighted by atomic mass is 35.5. The molecule has 0 bridgehead atoms. The number of anilines is 1. The summed E-state index contributed by atoms with van der Waals surface area (Å²) in [7, 11) is -3.26. The summed E-state index contributed by atoms with van der Waals surface area (Å²) in [5, 5.41) is 3.42. The van der Waals surface area contributed by atoms with Crippen LogP contribution in [0.15, 0.2) is 6.07 Å². The van der Waals surface area contributed by atoms with E-state index in [0.717, 1.165) is 6.26 Å². The highest BCUT2D eigenvalue weighted by Crippen LogP contribution is 2.13. The molecule has 1 rings (SSSR count). The highest BCUT2D eigenvalue weighted by molar-refractivity contribution is 7.88. The van der Waals surface area contributed by atoms with Crippen LogP contribution in [0.5, 0.6) is 0 Å². The number of sulfonamides is 1. The van der Waals surface area contributed by atoms with E-state index in [1.54, 1.807) is 19.9 Å². The summed E-state index contributed by atoms with van der Waals surface area (Å²) < 4.78 is 25.0. The molecular weight excluding hydrogens is 288 g/mol. The normalized spacial score (nSPS) is 12.5. The van der Waals surface area contributed by atoms with Crippen LogP contribution >= 0.6 is 11.6 Å². The Hall–Kier alpha value is -0.920. The van der Waals surface area contributed by atoms with Gasteiger partial charge in [-0.2, -0.15) is 0 Å². The number of nitrogens with one attached hydrogen (secondary N) is 2. The van der Waals surface area contributed by atoms with Crippen molar-refractivity contribution in [1.82, 2.24) is 14.7 Å². The Morgan fingerprint density at radius 3 is 2.53 bits per heavy atom. The van der Waals surface area contributed by atoms with E-state index in [-0.39, 0.29) is 0 Å². The Balaban J connectivity index is 2.73. The van der Waals surface area contributed by atoms with Crippen molar-refractivity contribution < 1.29 is 8.42 Å². The molecule has 0 saturated heterocycles. The molecule has 2 N–H and O–H groups in total. The molecule has 1 aromatic rings. The van der Waals surface area contributed by atoms with Gasteiger partial charge in [0.2, 0.25) is 10.0 Å². The van der Waals surface area contributed by atoms with Gasteiger partial charge in [0.05, 0.1) is 6.26 Å². The molecule has 1 heterocycles. The minimum atomic E-state index is -3.26. The predicted molar refractivity (Wildman–Crippen MR) is 77.0 cm³/mol. The number of hydrogen-bond donors (Lipinski definition) is 2. The van der Waals surface area contributed by atoms with E-state index < -0.39 is 15.6 Å². The predicted octanol–water partition coefficient (Wildman–Crippen LogP) is 1.43. The summed E-state index contributed by atoms with van der Waals surface area (Å²) in [5.74, 6) is 1.23. The summed E-state index contributed by atoms with van der Waals surface area (Å²) in [6, 6.07) is 1.61. The minimum Gasteiger partial charge on any atom is -0.368 e. The third kappa shape index (κ3) is 6.17. The molecule has 0 aromatic carbocycles. The SMILES string of the molecule is CCc1nc(Cl)cc(NCC(C)(C)NS(C)(=O)=O)n1. The molecule has 108 valence electrons. The van der Waals surface area contributed by atoms with Crippen molar-refractivity contribution in [3.8, 4) is 0 Å². The van der Waals surface area contributed by atoms with Gasteiger partial charge in [-0.3, -0.25) is 0 Å². The third-order valence-electron chi connectivity index (χ3n) is 2.23. The van der Waals surface area contributed by atoms with Crippen LogP contribution in [0.25, 0.3) is 0 Å². The van der Waals surface area contributed by atoms with Gasteiger partial charge in [0.25, 0.3) is 0 Å². The van der Waals surface area contributed by atoms with Crippen LogP contribution in [0.2, 0.25) is 5.15 Å². The Kier molecular flexibility index (Phi) is 5.11. The van der Waals surface area contributed by atoms with Crippen molar-refractivity contribution in [2.45, 2.75) is 32.7 Å². The lowest BCUT2D eigenvalue weighted by Gasteiger charge is -2.25. The van der Waals surface area contributed by atoms with E-state index in [4.69, 9.17) is 11.6 Å². The molecule has 0 atom stereocenters. The van der Waals surface area contributed by atoms with Crippen molar-refractivity contribution >= 4 is 27.4 Å². The van der Waals surface area contributed by atoms with Crippen LogP contribution in [0.4, 0.5) is 5.82 Å². The van der Waals surface area contributed by atoms with E-state index >= 15 is 0 Å². The van der Waals surface area contributed by atoms with Crippen LogP contribution in [0, 0.1) is 0 Å². The van der Waals surface area contributed by atoms with Gasteiger partial charge in [-0.05, 0) is 13.8 Å². The molecule has 0 aliphatic carbocycles. The fourth-order valence-corrected chi connectivity index (χ4v) is 2.84. The molecule has 0 aliphatic rings. The topological polar surface area (TPSA) is 84.0 Å². The van der Waals surface area contributed by atoms with Gasteiger partial charge in [0, 0.05) is 24.6 Å². The summed E-state index contributed by atoms with van der Waals surface area (Å²) in [6.07, 6.45) is 1.81. The first-order chi connectivity index (χ1) is 8.61. The number of aromatic nitrogens is 2. The van der Waals surface area contributed by atoms with E-state index in [0.29, 0.717) is 29.8 Å². The number of rotatable bonds is 6. The molecule has 0 saturated carbocycles. The molecule has 0 unspecified atom stereocenters. The molecule has 0 aliphatic heterocycles. The maximum atomic E-state index is 11.2. The average Bonchev–Trinajstić information content (AvgIpc) is 2.22. The van der Waals surface area contributed by atoms with Crippen LogP contribution < -0.4 is 10.0 Å². The number of nitrogens with zero attached hydrogens (tertiary/aromatic N) is 2. The number of halogens is 1. The van der Waals surface area contributed by atoms with Crippen molar-refractivity contribution in [3.05, 3.63) is 17.0 Å². The number of aryl methyl sites for hydroxylation is 1. The molecule has 0 spiro atoms. The molecule has 0 amide bonds. The zero-order chi connectivity index (χ0) is 14.7. The molecule has 6 nitrogen and oxygen atoms in total. The van der Waals surface area contributed by atoms with Gasteiger partial charge in [-0.15, -0.1) is 0 Å². The molecule has 8 heteroatoms. The maximum absolute atomic E-state index is 11.2. The lowest BCUT2D eigenvalue weighted by Crippen LogP contribution is -2.47. The van der Waals surface area contributed by atoms with Crippen molar-refractivity contribution in [2.24, 2.45) is 0 Å². The molecular formula is C11H19ClN4O2S. The summed E-state index contributed by atoms with van der Waals surface area (Å²) in [5.41, 5.74) is -0.628. The fraction of sp³-hybridized carbons (Fsp3) is 0.636. The van der Waals surface area contributed by atoms with Crippen LogP contribution in [-0.4, -0.2) is 36.7 Å². The Morgan fingerprint density at radius 1 is 1.37 bits per heavy atom. The van der Waals surface area contributed by atoms with Gasteiger partial charge < -0.3 is 5.32 Å². The van der Waals surface area contributed by atoms with Gasteiger partial charge in [0.15, 0.2) is 0 Å². The van der Waals surface area contributed by atoms with Crippen molar-refractivity contribution in [3.63, 3.8) is 0 Å². The van der Waals surface area contributed by atoms with Crippen molar-refractivity contribution in [1.29, 1.82) is 0 Å². The summed E-state index contributed by atoms with van der Waals surface area (Å²) in [6.45, 7) is 5.89. The first kappa shape index (κ1) is 16.1. The smallest absolute Gasteiger partial charge is 0.209 e.